The van der Waals surface area contributed by atoms with Gasteiger partial charge in [0.1, 0.15) is 0 Å². The maximum atomic E-state index is 12.8. The SMILES string of the molecule is CC1CN(C(=O)c2ccc(N3CCCS3(=O)=O)cc2Cl)CC(C)N1. The molecule has 0 aromatic heterocycles. The first-order chi connectivity index (χ1) is 11.3. The highest BCUT2D eigenvalue weighted by Crippen LogP contribution is 2.29. The van der Waals surface area contributed by atoms with Gasteiger partial charge in [-0.1, -0.05) is 11.6 Å². The first kappa shape index (κ1) is 17.5. The molecule has 2 atom stereocenters. The molecule has 6 nitrogen and oxygen atoms in total. The third-order valence-corrected chi connectivity index (χ3v) is 6.60. The van der Waals surface area contributed by atoms with Crippen molar-refractivity contribution in [1.82, 2.24) is 10.2 Å². The van der Waals surface area contributed by atoms with Gasteiger partial charge in [0.25, 0.3) is 5.91 Å². The maximum Gasteiger partial charge on any atom is 0.255 e. The van der Waals surface area contributed by atoms with Gasteiger partial charge in [0.05, 0.1) is 22.0 Å². The van der Waals surface area contributed by atoms with Crippen LogP contribution in [-0.2, 0) is 10.0 Å². The van der Waals surface area contributed by atoms with E-state index in [1.807, 2.05) is 13.8 Å². The lowest BCUT2D eigenvalue weighted by Crippen LogP contribution is -2.55. The minimum atomic E-state index is -3.25. The molecule has 132 valence electrons. The molecule has 1 amide bonds. The fourth-order valence-corrected chi connectivity index (χ4v) is 5.24. The lowest BCUT2D eigenvalue weighted by Gasteiger charge is -2.36. The van der Waals surface area contributed by atoms with Crippen molar-refractivity contribution in [2.45, 2.75) is 32.4 Å². The molecule has 0 spiro atoms. The first-order valence-electron chi connectivity index (χ1n) is 8.13. The van der Waals surface area contributed by atoms with Gasteiger partial charge in [-0.25, -0.2) is 8.42 Å². The average molecular weight is 372 g/mol. The van der Waals surface area contributed by atoms with Crippen molar-refractivity contribution in [3.63, 3.8) is 0 Å². The van der Waals surface area contributed by atoms with Crippen LogP contribution in [0.2, 0.25) is 5.02 Å². The van der Waals surface area contributed by atoms with Crippen LogP contribution in [0.4, 0.5) is 5.69 Å². The van der Waals surface area contributed by atoms with Crippen molar-refractivity contribution in [3.05, 3.63) is 28.8 Å². The van der Waals surface area contributed by atoms with Crippen molar-refractivity contribution >= 4 is 33.2 Å². The van der Waals surface area contributed by atoms with Crippen LogP contribution in [-0.4, -0.2) is 56.7 Å². The zero-order chi connectivity index (χ0) is 17.5. The monoisotopic (exact) mass is 371 g/mol. The van der Waals surface area contributed by atoms with E-state index in [9.17, 15) is 13.2 Å². The topological polar surface area (TPSA) is 69.7 Å². The van der Waals surface area contributed by atoms with Gasteiger partial charge in [0, 0.05) is 31.7 Å². The molecule has 0 bridgehead atoms. The molecule has 0 radical (unpaired) electrons. The van der Waals surface area contributed by atoms with Gasteiger partial charge in [0.2, 0.25) is 10.0 Å². The number of rotatable bonds is 2. The fraction of sp³-hybridized carbons (Fsp3) is 0.562. The highest BCUT2D eigenvalue weighted by molar-refractivity contribution is 7.93. The number of halogens is 1. The Bertz CT molecular complexity index is 743. The number of hydrogen-bond acceptors (Lipinski definition) is 4. The second kappa shape index (κ2) is 6.54. The number of anilines is 1. The van der Waals surface area contributed by atoms with E-state index in [1.54, 1.807) is 23.1 Å². The van der Waals surface area contributed by atoms with Crippen LogP contribution < -0.4 is 9.62 Å². The molecule has 2 aliphatic rings. The summed E-state index contributed by atoms with van der Waals surface area (Å²) in [5, 5.41) is 3.68. The third kappa shape index (κ3) is 3.38. The Balaban J connectivity index is 1.83. The van der Waals surface area contributed by atoms with Crippen LogP contribution in [0.5, 0.6) is 0 Å². The molecular formula is C16H22ClN3O3S. The van der Waals surface area contributed by atoms with Crippen LogP contribution in [0.3, 0.4) is 0 Å². The number of nitrogens with one attached hydrogen (secondary N) is 1. The molecule has 1 aromatic carbocycles. The normalized spacial score (nSPS) is 26.6. The number of hydrogen-bond donors (Lipinski definition) is 1. The van der Waals surface area contributed by atoms with Gasteiger partial charge in [-0.3, -0.25) is 9.10 Å². The minimum absolute atomic E-state index is 0.115. The van der Waals surface area contributed by atoms with Gasteiger partial charge >= 0.3 is 0 Å². The van der Waals surface area contributed by atoms with Crippen molar-refractivity contribution in [2.24, 2.45) is 0 Å². The first-order valence-corrected chi connectivity index (χ1v) is 10.1. The molecular weight excluding hydrogens is 350 g/mol. The van der Waals surface area contributed by atoms with E-state index >= 15 is 0 Å². The molecule has 2 heterocycles. The zero-order valence-electron chi connectivity index (χ0n) is 13.8. The number of piperazine rings is 1. The average Bonchev–Trinajstić information content (AvgIpc) is 2.85. The van der Waals surface area contributed by atoms with E-state index in [1.165, 1.54) is 4.31 Å². The summed E-state index contributed by atoms with van der Waals surface area (Å²) in [7, 11) is -3.25. The van der Waals surface area contributed by atoms with Gasteiger partial charge in [-0.05, 0) is 38.5 Å². The molecule has 3 rings (SSSR count). The largest absolute Gasteiger partial charge is 0.336 e. The number of amides is 1. The predicted molar refractivity (Wildman–Crippen MR) is 95.2 cm³/mol. The molecule has 2 fully saturated rings. The summed E-state index contributed by atoms with van der Waals surface area (Å²) in [6, 6.07) is 5.32. The van der Waals surface area contributed by atoms with Gasteiger partial charge in [-0.15, -0.1) is 0 Å². The lowest BCUT2D eigenvalue weighted by atomic mass is 10.1. The molecule has 0 aliphatic carbocycles. The molecule has 2 saturated heterocycles. The number of nitrogens with zero attached hydrogens (tertiary/aromatic N) is 2. The molecule has 8 heteroatoms. The van der Waals surface area contributed by atoms with Crippen molar-refractivity contribution in [2.75, 3.05) is 29.7 Å². The summed E-state index contributed by atoms with van der Waals surface area (Å²) in [4.78, 5) is 14.5. The Morgan fingerprint density at radius 2 is 1.92 bits per heavy atom. The van der Waals surface area contributed by atoms with E-state index < -0.39 is 10.0 Å². The second-order valence-corrected chi connectivity index (χ2v) is 9.00. The van der Waals surface area contributed by atoms with E-state index in [0.717, 1.165) is 0 Å². The fourth-order valence-electron chi connectivity index (χ4n) is 3.43. The standard InChI is InChI=1S/C16H22ClN3O3S/c1-11-9-19(10-12(2)18-11)16(21)14-5-4-13(8-15(14)17)20-6-3-7-24(20,22)23/h4-5,8,11-12,18H,3,6-7,9-10H2,1-2H3. The minimum Gasteiger partial charge on any atom is -0.336 e. The number of benzene rings is 1. The summed E-state index contributed by atoms with van der Waals surface area (Å²) >= 11 is 6.30. The summed E-state index contributed by atoms with van der Waals surface area (Å²) in [5.41, 5.74) is 0.939. The van der Waals surface area contributed by atoms with Gasteiger partial charge in [-0.2, -0.15) is 0 Å². The van der Waals surface area contributed by atoms with Crippen molar-refractivity contribution < 1.29 is 13.2 Å². The second-order valence-electron chi connectivity index (χ2n) is 6.58. The predicted octanol–water partition coefficient (Wildman–Crippen LogP) is 1.70. The summed E-state index contributed by atoms with van der Waals surface area (Å²) in [6.07, 6.45) is 0.608. The summed E-state index contributed by atoms with van der Waals surface area (Å²) in [5.74, 6) is 0.0398. The highest BCUT2D eigenvalue weighted by Gasteiger charge is 2.30. The van der Waals surface area contributed by atoms with Crippen LogP contribution in [0, 0.1) is 0 Å². The van der Waals surface area contributed by atoms with Gasteiger partial charge < -0.3 is 10.2 Å². The Morgan fingerprint density at radius 1 is 1.25 bits per heavy atom. The number of carbonyl (C=O) groups excluding carboxylic acids is 1. The van der Waals surface area contributed by atoms with Crippen LogP contribution in [0.15, 0.2) is 18.2 Å². The Labute approximate surface area is 147 Å². The number of carbonyl (C=O) groups is 1. The molecule has 2 aliphatic heterocycles. The summed E-state index contributed by atoms with van der Waals surface area (Å²) < 4.78 is 25.4. The maximum absolute atomic E-state index is 12.8. The zero-order valence-corrected chi connectivity index (χ0v) is 15.4. The highest BCUT2D eigenvalue weighted by atomic mass is 35.5. The third-order valence-electron chi connectivity index (χ3n) is 4.42. The quantitative estimate of drug-likeness (QED) is 0.859. The van der Waals surface area contributed by atoms with E-state index in [-0.39, 0.29) is 23.7 Å². The Kier molecular flexibility index (Phi) is 4.77. The smallest absolute Gasteiger partial charge is 0.255 e. The van der Waals surface area contributed by atoms with Crippen LogP contribution in [0.25, 0.3) is 0 Å². The molecule has 1 N–H and O–H groups in total. The van der Waals surface area contributed by atoms with Crippen LogP contribution in [0.1, 0.15) is 30.6 Å². The van der Waals surface area contributed by atoms with Crippen molar-refractivity contribution in [3.8, 4) is 0 Å². The molecule has 0 saturated carbocycles. The summed E-state index contributed by atoms with van der Waals surface area (Å²) in [6.45, 7) is 5.79. The van der Waals surface area contributed by atoms with E-state index in [4.69, 9.17) is 11.6 Å². The molecule has 1 aromatic rings. The van der Waals surface area contributed by atoms with Crippen LogP contribution >= 0.6 is 11.6 Å². The van der Waals surface area contributed by atoms with Gasteiger partial charge in [0.15, 0.2) is 0 Å². The molecule has 2 unspecified atom stereocenters. The van der Waals surface area contributed by atoms with Crippen molar-refractivity contribution in [1.29, 1.82) is 0 Å². The lowest BCUT2D eigenvalue weighted by molar-refractivity contribution is 0.0674. The number of sulfonamides is 1. The van der Waals surface area contributed by atoms with E-state index in [2.05, 4.69) is 5.32 Å². The Morgan fingerprint density at radius 3 is 2.46 bits per heavy atom. The molecule has 24 heavy (non-hydrogen) atoms. The van der Waals surface area contributed by atoms with E-state index in [0.29, 0.717) is 42.3 Å². The Hall–Kier alpha value is -1.31.